The fourth-order valence-electron chi connectivity index (χ4n) is 6.20. The monoisotopic (exact) mass is 632 g/mol. The molecule has 0 unspecified atom stereocenters. The van der Waals surface area contributed by atoms with Gasteiger partial charge in [0, 0.05) is 6.04 Å². The van der Waals surface area contributed by atoms with Gasteiger partial charge in [-0.1, -0.05) is 74.9 Å². The van der Waals surface area contributed by atoms with Crippen LogP contribution in [0.3, 0.4) is 0 Å². The van der Waals surface area contributed by atoms with Crippen LogP contribution in [-0.2, 0) is 11.4 Å². The zero-order valence-electron chi connectivity index (χ0n) is 23.6. The van der Waals surface area contributed by atoms with Gasteiger partial charge in [-0.05, 0) is 99.5 Å². The Bertz CT molecular complexity index is 1470. The van der Waals surface area contributed by atoms with Crippen molar-refractivity contribution in [1.82, 2.24) is 4.90 Å². The predicted octanol–water partition coefficient (Wildman–Crippen LogP) is 9.13. The lowest BCUT2D eigenvalue weighted by molar-refractivity contribution is -0.124. The standard InChI is InChI=1S/C34H37BrN2O3S/c1-39-30-20-24(19-29(35)32(30)40-22-23-16-17-25-10-8-9-11-26(25)18-23)21-31-33(38)37(28-14-6-3-7-15-28)34(41-31)36-27-12-4-2-5-13-27/h8-11,16-21,27-28H,2-7,12-15,22H2,1H3. The van der Waals surface area contributed by atoms with E-state index in [0.29, 0.717) is 24.1 Å². The van der Waals surface area contributed by atoms with Gasteiger partial charge >= 0.3 is 0 Å². The summed E-state index contributed by atoms with van der Waals surface area (Å²) in [5.74, 6) is 1.36. The molecular weight excluding hydrogens is 596 g/mol. The number of rotatable bonds is 7. The number of carbonyl (C=O) groups excluding carboxylic acids is 1. The Balaban J connectivity index is 1.24. The number of nitrogens with zero attached hydrogens (tertiary/aromatic N) is 2. The molecule has 0 atom stereocenters. The highest BCUT2D eigenvalue weighted by Crippen LogP contribution is 2.41. The number of aliphatic imine (C=N–C) groups is 1. The maximum Gasteiger partial charge on any atom is 0.266 e. The van der Waals surface area contributed by atoms with Crippen LogP contribution >= 0.6 is 27.7 Å². The highest BCUT2D eigenvalue weighted by atomic mass is 79.9. The smallest absolute Gasteiger partial charge is 0.266 e. The van der Waals surface area contributed by atoms with Gasteiger partial charge in [-0.2, -0.15) is 0 Å². The Morgan fingerprint density at radius 2 is 1.68 bits per heavy atom. The number of benzene rings is 3. The first-order valence-electron chi connectivity index (χ1n) is 14.9. The van der Waals surface area contributed by atoms with Crippen molar-refractivity contribution in [2.45, 2.75) is 82.9 Å². The summed E-state index contributed by atoms with van der Waals surface area (Å²) >= 11 is 5.25. The van der Waals surface area contributed by atoms with Crippen LogP contribution in [0.4, 0.5) is 0 Å². The zero-order valence-corrected chi connectivity index (χ0v) is 26.0. The van der Waals surface area contributed by atoms with Crippen molar-refractivity contribution in [2.75, 3.05) is 7.11 Å². The Morgan fingerprint density at radius 1 is 0.951 bits per heavy atom. The van der Waals surface area contributed by atoms with Gasteiger partial charge in [-0.3, -0.25) is 14.7 Å². The van der Waals surface area contributed by atoms with Gasteiger partial charge in [0.25, 0.3) is 5.91 Å². The van der Waals surface area contributed by atoms with Crippen LogP contribution in [-0.4, -0.2) is 35.2 Å². The molecule has 41 heavy (non-hydrogen) atoms. The van der Waals surface area contributed by atoms with Crippen molar-refractivity contribution >= 4 is 55.6 Å². The first-order chi connectivity index (χ1) is 20.1. The molecule has 0 spiro atoms. The quantitative estimate of drug-likeness (QED) is 0.244. The van der Waals surface area contributed by atoms with Crippen molar-refractivity contribution < 1.29 is 14.3 Å². The molecule has 1 heterocycles. The molecule has 0 radical (unpaired) electrons. The van der Waals surface area contributed by atoms with Crippen molar-refractivity contribution in [1.29, 1.82) is 0 Å². The van der Waals surface area contributed by atoms with E-state index in [1.165, 1.54) is 49.3 Å². The van der Waals surface area contributed by atoms with E-state index in [1.807, 2.05) is 35.2 Å². The molecule has 3 fully saturated rings. The lowest BCUT2D eigenvalue weighted by Gasteiger charge is -2.31. The molecule has 3 aliphatic rings. The van der Waals surface area contributed by atoms with Crippen LogP contribution in [0.5, 0.6) is 11.5 Å². The van der Waals surface area contributed by atoms with E-state index < -0.39 is 0 Å². The van der Waals surface area contributed by atoms with E-state index >= 15 is 0 Å². The molecule has 7 heteroatoms. The molecule has 1 aliphatic heterocycles. The van der Waals surface area contributed by atoms with Gasteiger partial charge in [0.1, 0.15) is 6.61 Å². The molecule has 6 rings (SSSR count). The largest absolute Gasteiger partial charge is 0.493 e. The number of methoxy groups -OCH3 is 1. The summed E-state index contributed by atoms with van der Waals surface area (Å²) in [6.07, 6.45) is 13.7. The topological polar surface area (TPSA) is 51.1 Å². The second-order valence-electron chi connectivity index (χ2n) is 11.3. The fourth-order valence-corrected chi connectivity index (χ4v) is 7.89. The van der Waals surface area contributed by atoms with Crippen molar-refractivity contribution in [3.05, 3.63) is 75.1 Å². The number of hydrogen-bond donors (Lipinski definition) is 0. The lowest BCUT2D eigenvalue weighted by Crippen LogP contribution is -2.41. The maximum absolute atomic E-state index is 13.8. The second-order valence-corrected chi connectivity index (χ2v) is 13.1. The van der Waals surface area contributed by atoms with Crippen LogP contribution in [0.2, 0.25) is 0 Å². The van der Waals surface area contributed by atoms with Crippen LogP contribution in [0.25, 0.3) is 16.8 Å². The summed E-state index contributed by atoms with van der Waals surface area (Å²) in [6.45, 7) is 0.423. The van der Waals surface area contributed by atoms with Gasteiger partial charge in [0.05, 0.1) is 22.5 Å². The van der Waals surface area contributed by atoms with Gasteiger partial charge in [-0.25, -0.2) is 0 Å². The SMILES string of the molecule is COc1cc(C=C2SC(=NC3CCCCC3)N(C3CCCCC3)C2=O)cc(Br)c1OCc1ccc2ccccc2c1. The number of ether oxygens (including phenoxy) is 2. The molecule has 2 aliphatic carbocycles. The van der Waals surface area contributed by atoms with E-state index in [4.69, 9.17) is 14.5 Å². The van der Waals surface area contributed by atoms with Crippen molar-refractivity contribution in [3.8, 4) is 11.5 Å². The minimum Gasteiger partial charge on any atom is -0.493 e. The van der Waals surface area contributed by atoms with Crippen LogP contribution in [0.15, 0.2) is 69.0 Å². The average Bonchev–Trinajstić information content (AvgIpc) is 3.30. The second kappa shape index (κ2) is 13.0. The summed E-state index contributed by atoms with van der Waals surface area (Å²) in [7, 11) is 1.65. The number of fused-ring (bicyclic) bond motifs is 1. The average molecular weight is 634 g/mol. The van der Waals surface area contributed by atoms with Gasteiger partial charge in [-0.15, -0.1) is 0 Å². The van der Waals surface area contributed by atoms with Gasteiger partial charge in [0.15, 0.2) is 16.7 Å². The molecule has 0 aromatic heterocycles. The van der Waals surface area contributed by atoms with Crippen molar-refractivity contribution in [3.63, 3.8) is 0 Å². The predicted molar refractivity (Wildman–Crippen MR) is 173 cm³/mol. The number of halogens is 1. The van der Waals surface area contributed by atoms with Crippen molar-refractivity contribution in [2.24, 2.45) is 4.99 Å². The summed E-state index contributed by atoms with van der Waals surface area (Å²) < 4.78 is 12.8. The molecular formula is C34H37BrN2O3S. The normalized spacial score (nSPS) is 20.8. The van der Waals surface area contributed by atoms with E-state index in [1.54, 1.807) is 18.9 Å². The lowest BCUT2D eigenvalue weighted by atomic mass is 9.94. The molecule has 5 nitrogen and oxygen atoms in total. The number of carbonyl (C=O) groups is 1. The van der Waals surface area contributed by atoms with E-state index in [2.05, 4.69) is 46.3 Å². The number of amides is 1. The molecule has 2 saturated carbocycles. The summed E-state index contributed by atoms with van der Waals surface area (Å²) in [6, 6.07) is 19.2. The molecule has 3 aromatic carbocycles. The summed E-state index contributed by atoms with van der Waals surface area (Å²) in [5.41, 5.74) is 1.98. The molecule has 0 bridgehead atoms. The molecule has 214 valence electrons. The van der Waals surface area contributed by atoms with Gasteiger partial charge < -0.3 is 9.47 Å². The summed E-state index contributed by atoms with van der Waals surface area (Å²) in [5, 5.41) is 3.30. The third-order valence-corrected chi connectivity index (χ3v) is 9.98. The van der Waals surface area contributed by atoms with Crippen LogP contribution < -0.4 is 9.47 Å². The summed E-state index contributed by atoms with van der Waals surface area (Å²) in [4.78, 5) is 21.7. The Hall–Kier alpha value is -2.77. The zero-order chi connectivity index (χ0) is 28.2. The third kappa shape index (κ3) is 6.51. The molecule has 0 N–H and O–H groups in total. The van der Waals surface area contributed by atoms with E-state index in [-0.39, 0.29) is 11.9 Å². The maximum atomic E-state index is 13.8. The number of hydrogen-bond acceptors (Lipinski definition) is 5. The highest BCUT2D eigenvalue weighted by molar-refractivity contribution is 9.10. The van der Waals surface area contributed by atoms with E-state index in [0.717, 1.165) is 51.4 Å². The first-order valence-corrected chi connectivity index (χ1v) is 16.5. The molecule has 3 aromatic rings. The fraction of sp³-hybridized carbons (Fsp3) is 0.412. The van der Waals surface area contributed by atoms with Crippen LogP contribution in [0, 0.1) is 0 Å². The Morgan fingerprint density at radius 3 is 2.44 bits per heavy atom. The van der Waals surface area contributed by atoms with E-state index in [9.17, 15) is 4.79 Å². The Labute approximate surface area is 255 Å². The van der Waals surface area contributed by atoms with Gasteiger partial charge in [0.2, 0.25) is 0 Å². The number of thioether (sulfide) groups is 1. The minimum atomic E-state index is 0.0863. The number of amidine groups is 1. The minimum absolute atomic E-state index is 0.0863. The Kier molecular flexibility index (Phi) is 9.01. The first kappa shape index (κ1) is 28.4. The highest BCUT2D eigenvalue weighted by Gasteiger charge is 2.39. The molecule has 1 amide bonds. The molecule has 1 saturated heterocycles. The van der Waals surface area contributed by atoms with Crippen LogP contribution in [0.1, 0.15) is 75.3 Å². The third-order valence-electron chi connectivity index (χ3n) is 8.39.